The van der Waals surface area contributed by atoms with Gasteiger partial charge in [-0.2, -0.15) is 0 Å². The number of benzene rings is 1. The summed E-state index contributed by atoms with van der Waals surface area (Å²) >= 11 is 8.42. The molecule has 0 unspecified atom stereocenters. The zero-order valence-electron chi connectivity index (χ0n) is 11.2. The second kappa shape index (κ2) is 7.04. The number of nitrogens with one attached hydrogen (secondary N) is 1. The average Bonchev–Trinajstić information content (AvgIpc) is 2.67. The van der Waals surface area contributed by atoms with E-state index in [-0.39, 0.29) is 11.0 Å². The maximum atomic E-state index is 12.3. The summed E-state index contributed by atoms with van der Waals surface area (Å²) in [7, 11) is 0. The quantitative estimate of drug-likeness (QED) is 0.798. The van der Waals surface area contributed by atoms with Gasteiger partial charge in [-0.25, -0.2) is 4.79 Å². The van der Waals surface area contributed by atoms with Gasteiger partial charge < -0.3 is 16.0 Å². The Hall–Kier alpha value is -1.14. The fourth-order valence-corrected chi connectivity index (χ4v) is 2.84. The lowest BCUT2D eigenvalue weighted by atomic mass is 10.2. The van der Waals surface area contributed by atoms with Crippen LogP contribution in [-0.2, 0) is 0 Å². The first-order chi connectivity index (χ1) is 9.58. The molecule has 0 atom stereocenters. The van der Waals surface area contributed by atoms with Crippen molar-refractivity contribution < 1.29 is 4.79 Å². The summed E-state index contributed by atoms with van der Waals surface area (Å²) in [4.78, 5) is 14.5. The molecule has 108 valence electrons. The lowest BCUT2D eigenvalue weighted by molar-refractivity contribution is 0.214. The van der Waals surface area contributed by atoms with E-state index in [4.69, 9.17) is 18.0 Å². The summed E-state index contributed by atoms with van der Waals surface area (Å²) in [6.07, 6.45) is 4.51. The summed E-state index contributed by atoms with van der Waals surface area (Å²) in [5, 5.41) is 2.92. The van der Waals surface area contributed by atoms with Gasteiger partial charge in [0, 0.05) is 23.1 Å². The predicted molar refractivity (Wildman–Crippen MR) is 89.1 cm³/mol. The zero-order chi connectivity index (χ0) is 14.5. The maximum absolute atomic E-state index is 12.3. The van der Waals surface area contributed by atoms with E-state index in [0.29, 0.717) is 11.3 Å². The molecular weight excluding hydrogens is 338 g/mol. The van der Waals surface area contributed by atoms with Crippen molar-refractivity contribution in [2.45, 2.75) is 25.7 Å². The third-order valence-corrected chi connectivity index (χ3v) is 4.10. The van der Waals surface area contributed by atoms with Crippen LogP contribution in [0.5, 0.6) is 0 Å². The molecule has 2 amide bonds. The van der Waals surface area contributed by atoms with Crippen molar-refractivity contribution in [1.29, 1.82) is 0 Å². The standard InChI is InChI=1S/C14H18BrN3OS/c15-10-5-6-11(13(16)20)12(9-10)17-14(19)18-7-3-1-2-4-8-18/h5-6,9H,1-4,7-8H2,(H2,16,20)(H,17,19). The maximum Gasteiger partial charge on any atom is 0.321 e. The smallest absolute Gasteiger partial charge is 0.321 e. The first-order valence-corrected chi connectivity index (χ1v) is 7.93. The molecular formula is C14H18BrN3OS. The van der Waals surface area contributed by atoms with Crippen molar-refractivity contribution in [3.8, 4) is 0 Å². The van der Waals surface area contributed by atoms with Crippen LogP contribution in [0.4, 0.5) is 10.5 Å². The van der Waals surface area contributed by atoms with E-state index < -0.39 is 0 Å². The molecule has 2 rings (SSSR count). The fourth-order valence-electron chi connectivity index (χ4n) is 2.30. The number of rotatable bonds is 2. The molecule has 1 aliphatic heterocycles. The van der Waals surface area contributed by atoms with Gasteiger partial charge in [0.15, 0.2) is 0 Å². The molecule has 20 heavy (non-hydrogen) atoms. The minimum atomic E-state index is -0.0810. The van der Waals surface area contributed by atoms with Gasteiger partial charge in [-0.3, -0.25) is 0 Å². The molecule has 1 fully saturated rings. The third-order valence-electron chi connectivity index (χ3n) is 3.38. The van der Waals surface area contributed by atoms with E-state index in [1.54, 1.807) is 0 Å². The number of hydrogen-bond donors (Lipinski definition) is 2. The van der Waals surface area contributed by atoms with Crippen molar-refractivity contribution >= 4 is 44.9 Å². The topological polar surface area (TPSA) is 58.4 Å². The number of carbonyl (C=O) groups excluding carboxylic acids is 1. The van der Waals surface area contributed by atoms with Crippen LogP contribution in [0.25, 0.3) is 0 Å². The first kappa shape index (κ1) is 15.3. The SMILES string of the molecule is NC(=S)c1ccc(Br)cc1NC(=O)N1CCCCCC1. The van der Waals surface area contributed by atoms with Gasteiger partial charge in [0.05, 0.1) is 5.69 Å². The molecule has 1 heterocycles. The lowest BCUT2D eigenvalue weighted by Gasteiger charge is -2.21. The summed E-state index contributed by atoms with van der Waals surface area (Å²) in [5.41, 5.74) is 7.04. The normalized spacial score (nSPS) is 15.6. The van der Waals surface area contributed by atoms with E-state index in [2.05, 4.69) is 21.2 Å². The Morgan fingerprint density at radius 3 is 2.50 bits per heavy atom. The number of nitrogens with two attached hydrogens (primary N) is 1. The molecule has 3 N–H and O–H groups in total. The summed E-state index contributed by atoms with van der Waals surface area (Å²) in [5.74, 6) is 0. The highest BCUT2D eigenvalue weighted by Gasteiger charge is 2.17. The molecule has 0 aliphatic carbocycles. The van der Waals surface area contributed by atoms with Crippen LogP contribution in [0.2, 0.25) is 0 Å². The minimum absolute atomic E-state index is 0.0810. The van der Waals surface area contributed by atoms with Gasteiger partial charge in [-0.05, 0) is 31.0 Å². The average molecular weight is 356 g/mol. The van der Waals surface area contributed by atoms with E-state index >= 15 is 0 Å². The fraction of sp³-hybridized carbons (Fsp3) is 0.429. The highest BCUT2D eigenvalue weighted by atomic mass is 79.9. The van der Waals surface area contributed by atoms with E-state index in [1.165, 1.54) is 12.8 Å². The summed E-state index contributed by atoms with van der Waals surface area (Å²) in [6.45, 7) is 1.62. The van der Waals surface area contributed by atoms with Gasteiger partial charge in [0.25, 0.3) is 0 Å². The number of thiocarbonyl (C=S) groups is 1. The van der Waals surface area contributed by atoms with Crippen LogP contribution in [0.15, 0.2) is 22.7 Å². The number of halogens is 1. The molecule has 0 radical (unpaired) electrons. The molecule has 6 heteroatoms. The number of carbonyl (C=O) groups is 1. The number of hydrogen-bond acceptors (Lipinski definition) is 2. The molecule has 1 aromatic carbocycles. The van der Waals surface area contributed by atoms with Crippen molar-refractivity contribution in [2.75, 3.05) is 18.4 Å². The minimum Gasteiger partial charge on any atom is -0.389 e. The molecule has 0 saturated carbocycles. The van der Waals surface area contributed by atoms with E-state index in [9.17, 15) is 4.79 Å². The first-order valence-electron chi connectivity index (χ1n) is 6.73. The lowest BCUT2D eigenvalue weighted by Crippen LogP contribution is -2.36. The van der Waals surface area contributed by atoms with Crippen molar-refractivity contribution in [2.24, 2.45) is 5.73 Å². The molecule has 1 saturated heterocycles. The van der Waals surface area contributed by atoms with E-state index in [0.717, 1.165) is 30.4 Å². The molecule has 0 bridgehead atoms. The van der Waals surface area contributed by atoms with Crippen molar-refractivity contribution in [1.82, 2.24) is 4.90 Å². The third kappa shape index (κ3) is 3.93. The van der Waals surface area contributed by atoms with Gasteiger partial charge in [-0.15, -0.1) is 0 Å². The van der Waals surface area contributed by atoms with Crippen LogP contribution in [0.1, 0.15) is 31.2 Å². The van der Waals surface area contributed by atoms with Gasteiger partial charge in [0.1, 0.15) is 4.99 Å². The number of urea groups is 1. The van der Waals surface area contributed by atoms with Crippen LogP contribution >= 0.6 is 28.1 Å². The number of amides is 2. The van der Waals surface area contributed by atoms with Crippen LogP contribution in [0, 0.1) is 0 Å². The van der Waals surface area contributed by atoms with Crippen LogP contribution in [-0.4, -0.2) is 29.0 Å². The number of anilines is 1. The molecule has 0 aromatic heterocycles. The Balaban J connectivity index is 2.14. The van der Waals surface area contributed by atoms with Crippen molar-refractivity contribution in [3.05, 3.63) is 28.2 Å². The zero-order valence-corrected chi connectivity index (χ0v) is 13.6. The van der Waals surface area contributed by atoms with E-state index in [1.807, 2.05) is 23.1 Å². The summed E-state index contributed by atoms with van der Waals surface area (Å²) in [6, 6.07) is 5.41. The van der Waals surface area contributed by atoms with Crippen molar-refractivity contribution in [3.63, 3.8) is 0 Å². The monoisotopic (exact) mass is 355 g/mol. The second-order valence-corrected chi connectivity index (χ2v) is 6.24. The predicted octanol–water partition coefficient (Wildman–Crippen LogP) is 3.49. The Labute approximate surface area is 132 Å². The van der Waals surface area contributed by atoms with Crippen LogP contribution < -0.4 is 11.1 Å². The summed E-state index contributed by atoms with van der Waals surface area (Å²) < 4.78 is 0.878. The molecule has 1 aliphatic rings. The highest BCUT2D eigenvalue weighted by molar-refractivity contribution is 9.10. The van der Waals surface area contributed by atoms with Gasteiger partial charge >= 0.3 is 6.03 Å². The van der Waals surface area contributed by atoms with Gasteiger partial charge in [-0.1, -0.05) is 41.0 Å². The Kier molecular flexibility index (Phi) is 5.37. The number of likely N-dealkylation sites (tertiary alicyclic amines) is 1. The second-order valence-electron chi connectivity index (χ2n) is 4.89. The molecule has 1 aromatic rings. The molecule has 0 spiro atoms. The Morgan fingerprint density at radius 1 is 1.25 bits per heavy atom. The Bertz CT molecular complexity index is 513. The highest BCUT2D eigenvalue weighted by Crippen LogP contribution is 2.22. The Morgan fingerprint density at radius 2 is 1.90 bits per heavy atom. The number of nitrogens with zero attached hydrogens (tertiary/aromatic N) is 1. The largest absolute Gasteiger partial charge is 0.389 e. The molecule has 4 nitrogen and oxygen atoms in total. The van der Waals surface area contributed by atoms with Gasteiger partial charge in [0.2, 0.25) is 0 Å². The van der Waals surface area contributed by atoms with Crippen LogP contribution in [0.3, 0.4) is 0 Å².